The van der Waals surface area contributed by atoms with Gasteiger partial charge in [-0.2, -0.15) is 4.31 Å². The van der Waals surface area contributed by atoms with E-state index in [2.05, 4.69) is 5.32 Å². The summed E-state index contributed by atoms with van der Waals surface area (Å²) in [7, 11) is -4.01. The number of piperidine rings is 1. The number of carbonyl (C=O) groups is 2. The molecule has 0 bridgehead atoms. The van der Waals surface area contributed by atoms with Crippen LogP contribution < -0.4 is 14.8 Å². The monoisotopic (exact) mass is 466 g/mol. The van der Waals surface area contributed by atoms with Crippen LogP contribution in [0, 0.1) is 17.6 Å². The summed E-state index contributed by atoms with van der Waals surface area (Å²) in [6, 6.07) is 5.46. The average molecular weight is 466 g/mol. The van der Waals surface area contributed by atoms with Crippen molar-refractivity contribution in [2.75, 3.05) is 25.2 Å². The van der Waals surface area contributed by atoms with Crippen LogP contribution in [-0.2, 0) is 14.8 Å². The molecule has 4 rings (SSSR count). The maximum Gasteiger partial charge on any atom is 0.243 e. The number of ether oxygens (including phenoxy) is 2. The van der Waals surface area contributed by atoms with Gasteiger partial charge in [0.15, 0.2) is 28.9 Å². The molecule has 2 heterocycles. The van der Waals surface area contributed by atoms with Gasteiger partial charge in [-0.3, -0.25) is 9.59 Å². The quantitative estimate of drug-likeness (QED) is 0.680. The zero-order chi connectivity index (χ0) is 23.0. The molecule has 0 atom stereocenters. The fraction of sp³-hybridized carbons (Fsp3) is 0.333. The first-order chi connectivity index (χ1) is 15.2. The van der Waals surface area contributed by atoms with Crippen molar-refractivity contribution in [2.45, 2.75) is 24.7 Å². The predicted octanol–water partition coefficient (Wildman–Crippen LogP) is 2.94. The zero-order valence-electron chi connectivity index (χ0n) is 17.1. The van der Waals surface area contributed by atoms with Crippen LogP contribution in [0.15, 0.2) is 35.2 Å². The summed E-state index contributed by atoms with van der Waals surface area (Å²) in [5.74, 6) is -2.64. The normalized spacial score (nSPS) is 16.7. The predicted molar refractivity (Wildman–Crippen MR) is 109 cm³/mol. The molecular formula is C21H20F2N2O6S. The molecule has 11 heteroatoms. The Bertz CT molecular complexity index is 1190. The van der Waals surface area contributed by atoms with Crippen molar-refractivity contribution in [3.05, 3.63) is 47.5 Å². The average Bonchev–Trinajstić information content (AvgIpc) is 3.22. The van der Waals surface area contributed by atoms with E-state index in [0.29, 0.717) is 23.3 Å². The highest BCUT2D eigenvalue weighted by Crippen LogP contribution is 2.37. The van der Waals surface area contributed by atoms with E-state index >= 15 is 0 Å². The molecule has 0 aromatic heterocycles. The lowest BCUT2D eigenvalue weighted by Gasteiger charge is -2.30. The van der Waals surface area contributed by atoms with Crippen LogP contribution in [0.3, 0.4) is 0 Å². The zero-order valence-corrected chi connectivity index (χ0v) is 17.9. The first kappa shape index (κ1) is 22.2. The molecule has 1 saturated heterocycles. The summed E-state index contributed by atoms with van der Waals surface area (Å²) in [6.07, 6.45) is 0.462. The Morgan fingerprint density at radius 1 is 1.03 bits per heavy atom. The number of carbonyl (C=O) groups excluding carboxylic acids is 2. The summed E-state index contributed by atoms with van der Waals surface area (Å²) in [6.45, 7) is 1.48. The number of anilines is 1. The van der Waals surface area contributed by atoms with E-state index < -0.39 is 27.6 Å². The van der Waals surface area contributed by atoms with Gasteiger partial charge in [-0.25, -0.2) is 17.2 Å². The van der Waals surface area contributed by atoms with E-state index in [-0.39, 0.29) is 54.9 Å². The lowest BCUT2D eigenvalue weighted by atomic mass is 9.96. The van der Waals surface area contributed by atoms with Crippen LogP contribution in [0.2, 0.25) is 0 Å². The maximum absolute atomic E-state index is 13.5. The van der Waals surface area contributed by atoms with E-state index in [1.54, 1.807) is 0 Å². The Kier molecular flexibility index (Phi) is 5.87. The molecule has 0 aliphatic carbocycles. The van der Waals surface area contributed by atoms with E-state index in [9.17, 15) is 26.8 Å². The third kappa shape index (κ3) is 4.17. The van der Waals surface area contributed by atoms with Crippen molar-refractivity contribution in [2.24, 2.45) is 5.92 Å². The Morgan fingerprint density at radius 2 is 1.69 bits per heavy atom. The fourth-order valence-corrected chi connectivity index (χ4v) is 5.20. The molecule has 8 nitrogen and oxygen atoms in total. The molecule has 0 radical (unpaired) electrons. The maximum atomic E-state index is 13.5. The highest BCUT2D eigenvalue weighted by molar-refractivity contribution is 7.89. The number of rotatable bonds is 5. The van der Waals surface area contributed by atoms with Crippen LogP contribution in [0.1, 0.15) is 30.1 Å². The fourth-order valence-electron chi connectivity index (χ4n) is 3.72. The van der Waals surface area contributed by atoms with Crippen LogP contribution in [0.4, 0.5) is 14.5 Å². The van der Waals surface area contributed by atoms with Gasteiger partial charge in [-0.1, -0.05) is 0 Å². The Morgan fingerprint density at radius 3 is 2.31 bits per heavy atom. The number of fused-ring (bicyclic) bond motifs is 1. The molecule has 1 amide bonds. The SMILES string of the molecule is CC(=O)c1cc2c(cc1NC(=O)C1CCN(S(=O)(=O)c3ccc(F)c(F)c3)CC1)OCO2. The highest BCUT2D eigenvalue weighted by Gasteiger charge is 2.33. The summed E-state index contributed by atoms with van der Waals surface area (Å²) in [5, 5.41) is 2.74. The van der Waals surface area contributed by atoms with Gasteiger partial charge in [-0.15, -0.1) is 0 Å². The molecule has 170 valence electrons. The van der Waals surface area contributed by atoms with Gasteiger partial charge < -0.3 is 14.8 Å². The number of amides is 1. The topological polar surface area (TPSA) is 102 Å². The van der Waals surface area contributed by atoms with Gasteiger partial charge in [0.25, 0.3) is 0 Å². The number of sulfonamides is 1. The number of nitrogens with zero attached hydrogens (tertiary/aromatic N) is 1. The minimum absolute atomic E-state index is 0.0228. The third-order valence-electron chi connectivity index (χ3n) is 5.50. The molecule has 2 aliphatic heterocycles. The Hall–Kier alpha value is -3.05. The van der Waals surface area contributed by atoms with Gasteiger partial charge in [0.1, 0.15) is 0 Å². The van der Waals surface area contributed by atoms with Gasteiger partial charge >= 0.3 is 0 Å². The highest BCUT2D eigenvalue weighted by atomic mass is 32.2. The first-order valence-electron chi connectivity index (χ1n) is 9.87. The third-order valence-corrected chi connectivity index (χ3v) is 7.40. The van der Waals surface area contributed by atoms with Gasteiger partial charge in [0, 0.05) is 30.6 Å². The number of hydrogen-bond donors (Lipinski definition) is 1. The van der Waals surface area contributed by atoms with Crippen molar-refractivity contribution >= 4 is 27.4 Å². The minimum atomic E-state index is -4.01. The Labute approximate surface area is 183 Å². The number of Topliss-reactive ketones (excluding diaryl/α,β-unsaturated/α-hetero) is 1. The van der Waals surface area contributed by atoms with Crippen molar-refractivity contribution in [3.8, 4) is 11.5 Å². The van der Waals surface area contributed by atoms with Crippen molar-refractivity contribution < 1.29 is 36.3 Å². The van der Waals surface area contributed by atoms with E-state index in [4.69, 9.17) is 9.47 Å². The molecule has 2 aromatic carbocycles. The van der Waals surface area contributed by atoms with E-state index in [1.807, 2.05) is 0 Å². The van der Waals surface area contributed by atoms with Crippen molar-refractivity contribution in [1.29, 1.82) is 0 Å². The number of ketones is 1. The number of nitrogens with one attached hydrogen (secondary N) is 1. The second-order valence-corrected chi connectivity index (χ2v) is 9.49. The largest absolute Gasteiger partial charge is 0.454 e. The standard InChI is InChI=1S/C21H20F2N2O6S/c1-12(26)15-9-19-20(31-11-30-19)10-18(15)24-21(27)13-4-6-25(7-5-13)32(28,29)14-2-3-16(22)17(23)8-14/h2-3,8-10,13H,4-7,11H2,1H3,(H,24,27). The van der Waals surface area contributed by atoms with Crippen molar-refractivity contribution in [1.82, 2.24) is 4.31 Å². The number of halogens is 2. The van der Waals surface area contributed by atoms with Crippen LogP contribution in [-0.4, -0.2) is 44.3 Å². The first-order valence-corrected chi connectivity index (χ1v) is 11.3. The van der Waals surface area contributed by atoms with E-state index in [1.165, 1.54) is 19.1 Å². The molecule has 2 aromatic rings. The molecule has 0 spiro atoms. The summed E-state index contributed by atoms with van der Waals surface area (Å²) in [4.78, 5) is 24.4. The lowest BCUT2D eigenvalue weighted by Crippen LogP contribution is -2.41. The summed E-state index contributed by atoms with van der Waals surface area (Å²) >= 11 is 0. The second kappa shape index (κ2) is 8.47. The molecule has 32 heavy (non-hydrogen) atoms. The van der Waals surface area contributed by atoms with Gasteiger partial charge in [0.2, 0.25) is 22.7 Å². The van der Waals surface area contributed by atoms with Crippen molar-refractivity contribution in [3.63, 3.8) is 0 Å². The lowest BCUT2D eigenvalue weighted by molar-refractivity contribution is -0.120. The molecule has 1 N–H and O–H groups in total. The number of hydrogen-bond acceptors (Lipinski definition) is 6. The smallest absolute Gasteiger partial charge is 0.243 e. The minimum Gasteiger partial charge on any atom is -0.454 e. The molecule has 2 aliphatic rings. The molecule has 0 saturated carbocycles. The van der Waals surface area contributed by atoms with Crippen LogP contribution >= 0.6 is 0 Å². The molecule has 1 fully saturated rings. The summed E-state index contributed by atoms with van der Waals surface area (Å²) < 4.78 is 63.8. The molecular weight excluding hydrogens is 446 g/mol. The molecule has 0 unspecified atom stereocenters. The number of benzene rings is 2. The van der Waals surface area contributed by atoms with Crippen LogP contribution in [0.5, 0.6) is 11.5 Å². The van der Waals surface area contributed by atoms with Crippen LogP contribution in [0.25, 0.3) is 0 Å². The second-order valence-electron chi connectivity index (χ2n) is 7.55. The van der Waals surface area contributed by atoms with E-state index in [0.717, 1.165) is 16.4 Å². The summed E-state index contributed by atoms with van der Waals surface area (Å²) in [5.41, 5.74) is 0.574. The van der Waals surface area contributed by atoms with Gasteiger partial charge in [-0.05, 0) is 44.0 Å². The Balaban J connectivity index is 1.44. The van der Waals surface area contributed by atoms with Gasteiger partial charge in [0.05, 0.1) is 10.6 Å².